The quantitative estimate of drug-likeness (QED) is 0.852. The number of nitriles is 1. The van der Waals surface area contributed by atoms with E-state index in [-0.39, 0.29) is 19.0 Å². The Morgan fingerprint density at radius 1 is 1.40 bits per heavy atom. The van der Waals surface area contributed by atoms with Crippen LogP contribution in [0.2, 0.25) is 0 Å². The van der Waals surface area contributed by atoms with Crippen LogP contribution in [0.1, 0.15) is 18.3 Å². The molecule has 20 heavy (non-hydrogen) atoms. The molecule has 6 heteroatoms. The molecule has 0 bridgehead atoms. The van der Waals surface area contributed by atoms with E-state index in [0.717, 1.165) is 12.2 Å². The Morgan fingerprint density at radius 2 is 2.15 bits per heavy atom. The van der Waals surface area contributed by atoms with Gasteiger partial charge in [0.05, 0.1) is 6.54 Å². The van der Waals surface area contributed by atoms with Crippen molar-refractivity contribution in [2.24, 2.45) is 0 Å². The molecule has 0 aliphatic rings. The maximum absolute atomic E-state index is 9.85. The summed E-state index contributed by atoms with van der Waals surface area (Å²) in [7, 11) is 0. The molecule has 0 fully saturated rings. The van der Waals surface area contributed by atoms with E-state index in [1.54, 1.807) is 0 Å². The zero-order valence-electron chi connectivity index (χ0n) is 11.2. The van der Waals surface area contributed by atoms with Crippen LogP contribution in [-0.2, 0) is 13.0 Å². The highest BCUT2D eigenvalue weighted by atomic mass is 16.5. The molecule has 0 amide bonds. The van der Waals surface area contributed by atoms with Crippen molar-refractivity contribution in [2.45, 2.75) is 26.0 Å². The van der Waals surface area contributed by atoms with Crippen LogP contribution in [0.25, 0.3) is 0 Å². The van der Waals surface area contributed by atoms with Crippen LogP contribution in [-0.4, -0.2) is 32.6 Å². The van der Waals surface area contributed by atoms with E-state index in [0.29, 0.717) is 0 Å². The van der Waals surface area contributed by atoms with Gasteiger partial charge in [-0.2, -0.15) is 5.26 Å². The lowest BCUT2D eigenvalue weighted by Crippen LogP contribution is -2.23. The van der Waals surface area contributed by atoms with E-state index in [1.807, 2.05) is 30.3 Å². The van der Waals surface area contributed by atoms with Gasteiger partial charge in [0.25, 0.3) is 5.82 Å². The van der Waals surface area contributed by atoms with Crippen molar-refractivity contribution >= 4 is 0 Å². The topological polar surface area (TPSA) is 84.0 Å². The SMILES string of the molecule is CCc1ccc(OCC(O)Cn2cnc(C#N)n2)cc1. The third kappa shape index (κ3) is 3.80. The average molecular weight is 272 g/mol. The van der Waals surface area contributed by atoms with Gasteiger partial charge in [-0.3, -0.25) is 0 Å². The molecule has 2 rings (SSSR count). The zero-order valence-corrected chi connectivity index (χ0v) is 11.2. The van der Waals surface area contributed by atoms with E-state index in [1.165, 1.54) is 16.6 Å². The van der Waals surface area contributed by atoms with Crippen molar-refractivity contribution in [2.75, 3.05) is 6.61 Å². The lowest BCUT2D eigenvalue weighted by molar-refractivity contribution is 0.0892. The Hall–Kier alpha value is -2.39. The molecule has 0 radical (unpaired) electrons. The number of aliphatic hydroxyl groups is 1. The first-order chi connectivity index (χ1) is 9.71. The number of benzene rings is 1. The van der Waals surface area contributed by atoms with E-state index >= 15 is 0 Å². The van der Waals surface area contributed by atoms with Gasteiger partial charge in [-0.1, -0.05) is 19.1 Å². The predicted octanol–water partition coefficient (Wildman–Crippen LogP) is 1.15. The van der Waals surface area contributed by atoms with Gasteiger partial charge in [-0.25, -0.2) is 9.67 Å². The van der Waals surface area contributed by atoms with Crippen LogP contribution in [0.4, 0.5) is 0 Å². The number of hydrogen-bond acceptors (Lipinski definition) is 5. The number of aromatic nitrogens is 3. The summed E-state index contributed by atoms with van der Waals surface area (Å²) in [6, 6.07) is 9.60. The maximum Gasteiger partial charge on any atom is 0.252 e. The van der Waals surface area contributed by atoms with E-state index in [4.69, 9.17) is 10.00 Å². The number of rotatable bonds is 6. The second-order valence-corrected chi connectivity index (χ2v) is 4.36. The number of ether oxygens (including phenoxy) is 1. The van der Waals surface area contributed by atoms with E-state index < -0.39 is 6.10 Å². The second kappa shape index (κ2) is 6.68. The third-order valence-corrected chi connectivity index (χ3v) is 2.81. The number of hydrogen-bond donors (Lipinski definition) is 1. The van der Waals surface area contributed by atoms with Gasteiger partial charge in [0.1, 0.15) is 30.9 Å². The Labute approximate surface area is 117 Å². The fourth-order valence-electron chi connectivity index (χ4n) is 1.72. The average Bonchev–Trinajstić information content (AvgIpc) is 2.93. The van der Waals surface area contributed by atoms with Gasteiger partial charge < -0.3 is 9.84 Å². The van der Waals surface area contributed by atoms with Crippen LogP contribution in [0.5, 0.6) is 5.75 Å². The summed E-state index contributed by atoms with van der Waals surface area (Å²) in [5.74, 6) is 0.811. The molecular formula is C14H16N4O2. The van der Waals surface area contributed by atoms with Crippen LogP contribution < -0.4 is 4.74 Å². The standard InChI is InChI=1S/C14H16N4O2/c1-2-11-3-5-13(6-4-11)20-9-12(19)8-18-10-16-14(7-15)17-18/h3-6,10,12,19H,2,8-9H2,1H3. The van der Waals surface area contributed by atoms with Crippen LogP contribution >= 0.6 is 0 Å². The van der Waals surface area contributed by atoms with E-state index in [2.05, 4.69) is 17.0 Å². The molecule has 0 saturated heterocycles. The first kappa shape index (κ1) is 14.0. The fourth-order valence-corrected chi connectivity index (χ4v) is 1.72. The van der Waals surface area contributed by atoms with Crippen molar-refractivity contribution in [3.63, 3.8) is 0 Å². The van der Waals surface area contributed by atoms with Crippen molar-refractivity contribution in [1.29, 1.82) is 5.26 Å². The summed E-state index contributed by atoms with van der Waals surface area (Å²) < 4.78 is 6.92. The Kier molecular flexibility index (Phi) is 4.69. The van der Waals surface area contributed by atoms with Gasteiger partial charge in [0, 0.05) is 0 Å². The van der Waals surface area contributed by atoms with Gasteiger partial charge in [0.2, 0.25) is 0 Å². The molecule has 6 nitrogen and oxygen atoms in total. The van der Waals surface area contributed by atoms with Crippen LogP contribution in [0, 0.1) is 11.3 Å². The lowest BCUT2D eigenvalue weighted by atomic mass is 10.2. The molecule has 1 atom stereocenters. The minimum absolute atomic E-state index is 0.0910. The molecule has 0 aliphatic carbocycles. The summed E-state index contributed by atoms with van der Waals surface area (Å²) in [6.07, 6.45) is 1.68. The third-order valence-electron chi connectivity index (χ3n) is 2.81. The monoisotopic (exact) mass is 272 g/mol. The highest BCUT2D eigenvalue weighted by Gasteiger charge is 2.08. The highest BCUT2D eigenvalue weighted by molar-refractivity contribution is 5.27. The molecule has 0 saturated carbocycles. The van der Waals surface area contributed by atoms with Crippen molar-refractivity contribution in [3.8, 4) is 11.8 Å². The molecule has 104 valence electrons. The van der Waals surface area contributed by atoms with E-state index in [9.17, 15) is 5.11 Å². The molecule has 1 unspecified atom stereocenters. The fraction of sp³-hybridized carbons (Fsp3) is 0.357. The summed E-state index contributed by atoms with van der Waals surface area (Å²) >= 11 is 0. The van der Waals surface area contributed by atoms with Crippen LogP contribution in [0.15, 0.2) is 30.6 Å². The molecule has 2 aromatic rings. The summed E-state index contributed by atoms with van der Waals surface area (Å²) in [4.78, 5) is 3.76. The van der Waals surface area contributed by atoms with Crippen molar-refractivity contribution in [3.05, 3.63) is 42.0 Å². The molecule has 0 spiro atoms. The van der Waals surface area contributed by atoms with Gasteiger partial charge >= 0.3 is 0 Å². The minimum Gasteiger partial charge on any atom is -0.491 e. The molecule has 1 heterocycles. The lowest BCUT2D eigenvalue weighted by Gasteiger charge is -2.12. The second-order valence-electron chi connectivity index (χ2n) is 4.36. The first-order valence-electron chi connectivity index (χ1n) is 6.40. The smallest absolute Gasteiger partial charge is 0.252 e. The van der Waals surface area contributed by atoms with Gasteiger partial charge in [-0.05, 0) is 24.1 Å². The summed E-state index contributed by atoms with van der Waals surface area (Å²) in [5, 5.41) is 22.3. The highest BCUT2D eigenvalue weighted by Crippen LogP contribution is 2.12. The number of nitrogens with zero attached hydrogens (tertiary/aromatic N) is 4. The van der Waals surface area contributed by atoms with Gasteiger partial charge in [-0.15, -0.1) is 5.10 Å². The van der Waals surface area contributed by atoms with Crippen molar-refractivity contribution in [1.82, 2.24) is 14.8 Å². The normalized spacial score (nSPS) is 11.8. The maximum atomic E-state index is 9.85. The van der Waals surface area contributed by atoms with Crippen molar-refractivity contribution < 1.29 is 9.84 Å². The summed E-state index contributed by atoms with van der Waals surface area (Å²) in [6.45, 7) is 2.49. The molecule has 1 aromatic heterocycles. The van der Waals surface area contributed by atoms with Gasteiger partial charge in [0.15, 0.2) is 0 Å². The first-order valence-corrected chi connectivity index (χ1v) is 6.40. The Balaban J connectivity index is 1.82. The number of aliphatic hydroxyl groups excluding tert-OH is 1. The largest absolute Gasteiger partial charge is 0.491 e. The number of aryl methyl sites for hydroxylation is 1. The Bertz CT molecular complexity index is 586. The molecule has 1 aromatic carbocycles. The van der Waals surface area contributed by atoms with Crippen LogP contribution in [0.3, 0.4) is 0 Å². The molecular weight excluding hydrogens is 256 g/mol. The minimum atomic E-state index is -0.714. The summed E-state index contributed by atoms with van der Waals surface area (Å²) in [5.41, 5.74) is 1.24. The molecule has 1 N–H and O–H groups in total. The Morgan fingerprint density at radius 3 is 2.75 bits per heavy atom. The predicted molar refractivity (Wildman–Crippen MR) is 72.1 cm³/mol. The molecule has 0 aliphatic heterocycles. The zero-order chi connectivity index (χ0) is 14.4.